The standard InChI is InChI=1S/C6H7F2NO/c1-2-3-5(10)6(7,8)4-9/h2-3H2,1H3. The summed E-state index contributed by atoms with van der Waals surface area (Å²) in [5.74, 6) is -5.08. The van der Waals surface area contributed by atoms with Gasteiger partial charge in [0.05, 0.1) is 0 Å². The average molecular weight is 147 g/mol. The fourth-order valence-electron chi connectivity index (χ4n) is 0.446. The van der Waals surface area contributed by atoms with Crippen LogP contribution in [-0.2, 0) is 4.79 Å². The Labute approximate surface area is 57.4 Å². The largest absolute Gasteiger partial charge is 0.389 e. The highest BCUT2D eigenvalue weighted by molar-refractivity contribution is 5.88. The van der Waals surface area contributed by atoms with Gasteiger partial charge in [-0.1, -0.05) is 6.92 Å². The summed E-state index contributed by atoms with van der Waals surface area (Å²) in [6.45, 7) is 1.60. The van der Waals surface area contributed by atoms with Crippen molar-refractivity contribution in [3.8, 4) is 6.07 Å². The molecule has 4 heteroatoms. The molecule has 0 aromatic heterocycles. The maximum absolute atomic E-state index is 12.0. The lowest BCUT2D eigenvalue weighted by Gasteiger charge is -2.02. The molecule has 0 rings (SSSR count). The second-order valence-corrected chi connectivity index (χ2v) is 1.86. The molecule has 0 spiro atoms. The van der Waals surface area contributed by atoms with E-state index >= 15 is 0 Å². The molecular weight excluding hydrogens is 140 g/mol. The molecule has 0 atom stereocenters. The summed E-state index contributed by atoms with van der Waals surface area (Å²) in [7, 11) is 0. The van der Waals surface area contributed by atoms with E-state index in [1.807, 2.05) is 0 Å². The van der Waals surface area contributed by atoms with E-state index in [4.69, 9.17) is 5.26 Å². The molecule has 0 aliphatic carbocycles. The first-order chi connectivity index (χ1) is 4.54. The first-order valence-corrected chi connectivity index (χ1v) is 2.87. The van der Waals surface area contributed by atoms with Gasteiger partial charge >= 0.3 is 5.92 Å². The lowest BCUT2D eigenvalue weighted by Crippen LogP contribution is -2.25. The van der Waals surface area contributed by atoms with Gasteiger partial charge in [0, 0.05) is 6.42 Å². The molecule has 0 heterocycles. The topological polar surface area (TPSA) is 40.9 Å². The molecule has 0 aromatic carbocycles. The second-order valence-electron chi connectivity index (χ2n) is 1.86. The van der Waals surface area contributed by atoms with E-state index < -0.39 is 11.7 Å². The van der Waals surface area contributed by atoms with Crippen molar-refractivity contribution < 1.29 is 13.6 Å². The second kappa shape index (κ2) is 3.25. The zero-order valence-electron chi connectivity index (χ0n) is 5.53. The number of Topliss-reactive ketones (excluding diaryl/α,β-unsaturated/α-hetero) is 1. The van der Waals surface area contributed by atoms with Gasteiger partial charge in [-0.05, 0) is 6.42 Å². The number of hydrogen-bond donors (Lipinski definition) is 0. The summed E-state index contributed by atoms with van der Waals surface area (Å²) in [6, 6.07) is 0.643. The molecule has 0 amide bonds. The Morgan fingerprint density at radius 3 is 2.50 bits per heavy atom. The SMILES string of the molecule is CCCC(=O)C(F)(F)C#N. The summed E-state index contributed by atoms with van der Waals surface area (Å²) in [4.78, 5) is 10.3. The molecule has 0 aromatic rings. The lowest BCUT2D eigenvalue weighted by atomic mass is 10.1. The highest BCUT2D eigenvalue weighted by Crippen LogP contribution is 2.15. The third-order valence-corrected chi connectivity index (χ3v) is 0.968. The number of carbonyl (C=O) groups excluding carboxylic acids is 1. The van der Waals surface area contributed by atoms with E-state index in [1.165, 1.54) is 0 Å². The molecule has 0 radical (unpaired) electrons. The van der Waals surface area contributed by atoms with Crippen LogP contribution in [0.2, 0.25) is 0 Å². The number of carbonyl (C=O) groups is 1. The quantitative estimate of drug-likeness (QED) is 0.607. The molecule has 0 saturated heterocycles. The zero-order chi connectivity index (χ0) is 8.20. The van der Waals surface area contributed by atoms with Gasteiger partial charge in [-0.25, -0.2) is 0 Å². The molecule has 10 heavy (non-hydrogen) atoms. The Balaban J connectivity index is 4.09. The third kappa shape index (κ3) is 2.09. The van der Waals surface area contributed by atoms with Crippen molar-refractivity contribution >= 4 is 5.78 Å². The number of hydrogen-bond acceptors (Lipinski definition) is 2. The van der Waals surface area contributed by atoms with E-state index in [0.29, 0.717) is 12.5 Å². The van der Waals surface area contributed by atoms with E-state index in [1.54, 1.807) is 6.92 Å². The maximum atomic E-state index is 12.0. The van der Waals surface area contributed by atoms with Gasteiger partial charge in [-0.15, -0.1) is 0 Å². The minimum Gasteiger partial charge on any atom is -0.292 e. The molecule has 56 valence electrons. The molecule has 0 saturated carbocycles. The molecule has 0 N–H and O–H groups in total. The van der Waals surface area contributed by atoms with E-state index in [9.17, 15) is 13.6 Å². The van der Waals surface area contributed by atoms with Gasteiger partial charge in [-0.2, -0.15) is 14.0 Å². The number of halogens is 2. The molecular formula is C6H7F2NO. The minimum absolute atomic E-state index is 0.236. The first kappa shape index (κ1) is 9.02. The molecule has 0 fully saturated rings. The molecule has 0 aliphatic heterocycles. The number of nitriles is 1. The molecule has 0 unspecified atom stereocenters. The monoisotopic (exact) mass is 147 g/mol. The number of ketones is 1. The van der Waals surface area contributed by atoms with Gasteiger partial charge in [-0.3, -0.25) is 4.79 Å². The predicted octanol–water partition coefficient (Wildman–Crippen LogP) is 1.51. The predicted molar refractivity (Wildman–Crippen MR) is 30.5 cm³/mol. The normalized spacial score (nSPS) is 10.6. The van der Waals surface area contributed by atoms with Crippen LogP contribution in [0.4, 0.5) is 8.78 Å². The van der Waals surface area contributed by atoms with Crippen molar-refractivity contribution in [1.82, 2.24) is 0 Å². The Morgan fingerprint density at radius 1 is 1.70 bits per heavy atom. The van der Waals surface area contributed by atoms with Crippen LogP contribution < -0.4 is 0 Å². The Bertz CT molecular complexity index is 171. The van der Waals surface area contributed by atoms with Gasteiger partial charge in [0.1, 0.15) is 6.07 Å². The Morgan fingerprint density at radius 2 is 2.20 bits per heavy atom. The van der Waals surface area contributed by atoms with E-state index in [0.717, 1.165) is 0 Å². The fraction of sp³-hybridized carbons (Fsp3) is 0.667. The van der Waals surface area contributed by atoms with Crippen molar-refractivity contribution in [2.75, 3.05) is 0 Å². The van der Waals surface area contributed by atoms with Crippen molar-refractivity contribution in [1.29, 1.82) is 5.26 Å². The van der Waals surface area contributed by atoms with Crippen molar-refractivity contribution in [2.24, 2.45) is 0 Å². The molecule has 0 aliphatic rings. The summed E-state index contributed by atoms with van der Waals surface area (Å²) in [5.41, 5.74) is 0. The molecule has 0 bridgehead atoms. The van der Waals surface area contributed by atoms with E-state index in [2.05, 4.69) is 0 Å². The first-order valence-electron chi connectivity index (χ1n) is 2.87. The number of nitrogens with zero attached hydrogens (tertiary/aromatic N) is 1. The third-order valence-electron chi connectivity index (χ3n) is 0.968. The number of rotatable bonds is 3. The highest BCUT2D eigenvalue weighted by atomic mass is 19.3. The van der Waals surface area contributed by atoms with Crippen LogP contribution >= 0.6 is 0 Å². The van der Waals surface area contributed by atoms with Gasteiger partial charge < -0.3 is 0 Å². The summed E-state index contributed by atoms with van der Waals surface area (Å²) in [6.07, 6.45) is 0.108. The zero-order valence-corrected chi connectivity index (χ0v) is 5.53. The van der Waals surface area contributed by atoms with Crippen LogP contribution in [-0.4, -0.2) is 11.7 Å². The van der Waals surface area contributed by atoms with Crippen LogP contribution in [0.1, 0.15) is 19.8 Å². The Hall–Kier alpha value is -0.980. The number of alkyl halides is 2. The van der Waals surface area contributed by atoms with E-state index in [-0.39, 0.29) is 6.42 Å². The van der Waals surface area contributed by atoms with Gasteiger partial charge in [0.15, 0.2) is 0 Å². The van der Waals surface area contributed by atoms with Crippen LogP contribution in [0.15, 0.2) is 0 Å². The summed E-state index contributed by atoms with van der Waals surface area (Å²) in [5, 5.41) is 7.77. The van der Waals surface area contributed by atoms with Crippen LogP contribution in [0.5, 0.6) is 0 Å². The summed E-state index contributed by atoms with van der Waals surface area (Å²) < 4.78 is 24.0. The molecule has 2 nitrogen and oxygen atoms in total. The van der Waals surface area contributed by atoms with Gasteiger partial charge in [0.2, 0.25) is 5.78 Å². The fourth-order valence-corrected chi connectivity index (χ4v) is 0.446. The van der Waals surface area contributed by atoms with Crippen LogP contribution in [0.25, 0.3) is 0 Å². The minimum atomic E-state index is -3.78. The summed E-state index contributed by atoms with van der Waals surface area (Å²) >= 11 is 0. The Kier molecular flexibility index (Phi) is 2.94. The highest BCUT2D eigenvalue weighted by Gasteiger charge is 2.37. The lowest BCUT2D eigenvalue weighted by molar-refractivity contribution is -0.136. The van der Waals surface area contributed by atoms with Crippen molar-refractivity contribution in [3.05, 3.63) is 0 Å². The van der Waals surface area contributed by atoms with Crippen molar-refractivity contribution in [3.63, 3.8) is 0 Å². The smallest absolute Gasteiger partial charge is 0.292 e. The van der Waals surface area contributed by atoms with Crippen LogP contribution in [0, 0.1) is 11.3 Å². The maximum Gasteiger partial charge on any atom is 0.389 e. The van der Waals surface area contributed by atoms with Crippen molar-refractivity contribution in [2.45, 2.75) is 25.7 Å². The average Bonchev–Trinajstić information content (AvgIpc) is 1.89. The van der Waals surface area contributed by atoms with Crippen LogP contribution in [0.3, 0.4) is 0 Å². The van der Waals surface area contributed by atoms with Gasteiger partial charge in [0.25, 0.3) is 0 Å².